The number of carbonyl (C=O) groups is 2. The highest BCUT2D eigenvalue weighted by Crippen LogP contribution is 2.34. The number of carbonyl (C=O) groups excluding carboxylic acids is 2. The van der Waals surface area contributed by atoms with Gasteiger partial charge in [0.05, 0.1) is 0 Å². The monoisotopic (exact) mass is 597 g/mol. The number of nitrogens with one attached hydrogen (secondary N) is 1. The molecule has 0 aliphatic heterocycles. The van der Waals surface area contributed by atoms with E-state index < -0.39 is 35.0 Å². The van der Waals surface area contributed by atoms with Crippen molar-refractivity contribution in [2.24, 2.45) is 11.7 Å². The van der Waals surface area contributed by atoms with E-state index in [1.165, 1.54) is 53.5 Å². The molecule has 0 saturated carbocycles. The zero-order valence-corrected chi connectivity index (χ0v) is 23.2. The molecule has 0 aliphatic rings. The van der Waals surface area contributed by atoms with Crippen molar-refractivity contribution < 1.29 is 27.8 Å². The number of hydrogen-bond donors (Lipinski definition) is 3. The third kappa shape index (κ3) is 6.90. The predicted molar refractivity (Wildman–Crippen MR) is 153 cm³/mol. The minimum absolute atomic E-state index is 0.00321. The molecule has 2 aromatic heterocycles. The Labute approximate surface area is 243 Å². The second-order valence-electron chi connectivity index (χ2n) is 9.51. The minimum atomic E-state index is -0.877. The Morgan fingerprint density at radius 3 is 2.45 bits per heavy atom. The Hall–Kier alpha value is -4.81. The van der Waals surface area contributed by atoms with Crippen molar-refractivity contribution in [1.82, 2.24) is 9.55 Å². The predicted octanol–water partition coefficient (Wildman–Crippen LogP) is 4.95. The number of pyridine rings is 2. The van der Waals surface area contributed by atoms with Gasteiger partial charge in [0.15, 0.2) is 24.0 Å². The zero-order valence-electron chi connectivity index (χ0n) is 22.4. The second kappa shape index (κ2) is 12.8. The first kappa shape index (κ1) is 30.2. The van der Waals surface area contributed by atoms with Gasteiger partial charge in [0, 0.05) is 42.0 Å². The lowest BCUT2D eigenvalue weighted by Crippen LogP contribution is -2.37. The molecule has 0 saturated heterocycles. The summed E-state index contributed by atoms with van der Waals surface area (Å²) in [6.07, 6.45) is 3.89. The van der Waals surface area contributed by atoms with Crippen LogP contribution in [0.5, 0.6) is 11.5 Å². The van der Waals surface area contributed by atoms with E-state index in [0.717, 1.165) is 18.2 Å². The van der Waals surface area contributed by atoms with Gasteiger partial charge in [0.25, 0.3) is 5.91 Å². The SMILES string of the molecule is CC(C)[C@H](N)C(=O)OCn1cc(C(=O)Nc2ccc(Oc3ccnc(N)c3Cl)c(F)c2)c(=O)c(-c2ccc(F)cc2)c1. The summed E-state index contributed by atoms with van der Waals surface area (Å²) in [6.45, 7) is 3.15. The largest absolute Gasteiger partial charge is 0.453 e. The Balaban J connectivity index is 1.62. The van der Waals surface area contributed by atoms with Gasteiger partial charge in [-0.3, -0.25) is 14.4 Å². The summed E-state index contributed by atoms with van der Waals surface area (Å²) in [5, 5.41) is 2.48. The van der Waals surface area contributed by atoms with Crippen molar-refractivity contribution >= 4 is 35.0 Å². The number of amides is 1. The standard InChI is InChI=1S/C29H26ClF2N5O5/c1-15(2)25(33)29(40)41-14-37-12-19(16-3-5-17(31)6-4-16)26(38)20(13-37)28(39)36-18-7-8-22(21(32)11-18)42-23-9-10-35-27(34)24(23)30/h3-13,15,25H,14,33H2,1-2H3,(H2,34,35)(H,36,39)/t25-/m0/s1. The number of hydrogen-bond acceptors (Lipinski definition) is 8. The van der Waals surface area contributed by atoms with Crippen LogP contribution in [0.2, 0.25) is 5.02 Å². The third-order valence-electron chi connectivity index (χ3n) is 6.12. The number of anilines is 2. The summed E-state index contributed by atoms with van der Waals surface area (Å²) in [6, 6.07) is 9.18. The highest BCUT2D eigenvalue weighted by atomic mass is 35.5. The van der Waals surface area contributed by atoms with Gasteiger partial charge in [-0.15, -0.1) is 0 Å². The maximum atomic E-state index is 14.9. The van der Waals surface area contributed by atoms with Crippen LogP contribution in [-0.4, -0.2) is 27.5 Å². The van der Waals surface area contributed by atoms with E-state index in [1.54, 1.807) is 13.8 Å². The van der Waals surface area contributed by atoms with E-state index >= 15 is 0 Å². The van der Waals surface area contributed by atoms with Gasteiger partial charge in [-0.05, 0) is 35.7 Å². The molecule has 0 fully saturated rings. The molecular weight excluding hydrogens is 572 g/mol. The Morgan fingerprint density at radius 1 is 1.07 bits per heavy atom. The minimum Gasteiger partial charge on any atom is -0.453 e. The number of aromatic nitrogens is 2. The molecule has 13 heteroatoms. The third-order valence-corrected chi connectivity index (χ3v) is 6.50. The van der Waals surface area contributed by atoms with Crippen LogP contribution in [0, 0.1) is 17.6 Å². The molecule has 10 nitrogen and oxygen atoms in total. The summed E-state index contributed by atoms with van der Waals surface area (Å²) < 4.78 is 40.4. The normalized spacial score (nSPS) is 11.7. The van der Waals surface area contributed by atoms with Gasteiger partial charge >= 0.3 is 5.97 Å². The smallest absolute Gasteiger partial charge is 0.324 e. The lowest BCUT2D eigenvalue weighted by molar-refractivity contribution is -0.150. The van der Waals surface area contributed by atoms with Crippen molar-refractivity contribution in [1.29, 1.82) is 0 Å². The summed E-state index contributed by atoms with van der Waals surface area (Å²) in [5.74, 6) is -3.22. The molecule has 4 rings (SSSR count). The molecule has 2 heterocycles. The van der Waals surface area contributed by atoms with Gasteiger partial charge in [0.1, 0.15) is 28.3 Å². The molecular formula is C29H26ClF2N5O5. The molecule has 1 amide bonds. The molecule has 0 aliphatic carbocycles. The molecule has 2 aromatic carbocycles. The van der Waals surface area contributed by atoms with Crippen molar-refractivity contribution in [2.45, 2.75) is 26.6 Å². The van der Waals surface area contributed by atoms with E-state index in [4.69, 9.17) is 32.5 Å². The molecule has 1 atom stereocenters. The van der Waals surface area contributed by atoms with Crippen molar-refractivity contribution in [2.75, 3.05) is 11.1 Å². The van der Waals surface area contributed by atoms with Gasteiger partial charge in [-0.2, -0.15) is 0 Å². The van der Waals surface area contributed by atoms with Crippen LogP contribution < -0.4 is 26.9 Å². The molecule has 0 spiro atoms. The van der Waals surface area contributed by atoms with Crippen molar-refractivity contribution in [3.8, 4) is 22.6 Å². The Kier molecular flexibility index (Phi) is 9.18. The van der Waals surface area contributed by atoms with E-state index in [1.807, 2.05) is 0 Å². The molecule has 42 heavy (non-hydrogen) atoms. The molecule has 0 bridgehead atoms. The van der Waals surface area contributed by atoms with Gasteiger partial charge in [-0.1, -0.05) is 37.6 Å². The molecule has 4 aromatic rings. The summed E-state index contributed by atoms with van der Waals surface area (Å²) in [4.78, 5) is 42.7. The number of nitrogens with zero attached hydrogens (tertiary/aromatic N) is 2. The maximum absolute atomic E-state index is 14.9. The average molecular weight is 598 g/mol. The number of rotatable bonds is 9. The maximum Gasteiger partial charge on any atom is 0.324 e. The molecule has 5 N–H and O–H groups in total. The lowest BCUT2D eigenvalue weighted by atomic mass is 10.0. The van der Waals surface area contributed by atoms with Crippen molar-refractivity contribution in [3.63, 3.8) is 0 Å². The summed E-state index contributed by atoms with van der Waals surface area (Å²) in [5.41, 5.74) is 10.8. The zero-order chi connectivity index (χ0) is 30.6. The first-order chi connectivity index (χ1) is 19.9. The molecule has 218 valence electrons. The van der Waals surface area contributed by atoms with Crippen LogP contribution >= 0.6 is 11.6 Å². The highest BCUT2D eigenvalue weighted by Gasteiger charge is 2.21. The molecule has 0 unspecified atom stereocenters. The van der Waals surface area contributed by atoms with E-state index in [0.29, 0.717) is 5.56 Å². The van der Waals surface area contributed by atoms with Crippen LogP contribution in [-0.2, 0) is 16.3 Å². The Bertz CT molecular complexity index is 1700. The van der Waals surface area contributed by atoms with Gasteiger partial charge in [-0.25, -0.2) is 13.8 Å². The fraction of sp³-hybridized carbons (Fsp3) is 0.172. The summed E-state index contributed by atoms with van der Waals surface area (Å²) in [7, 11) is 0. The fourth-order valence-electron chi connectivity index (χ4n) is 3.71. The number of esters is 1. The fourth-order valence-corrected chi connectivity index (χ4v) is 3.86. The van der Waals surface area contributed by atoms with Crippen LogP contribution in [0.4, 0.5) is 20.3 Å². The second-order valence-corrected chi connectivity index (χ2v) is 9.89. The number of halogens is 3. The van der Waals surface area contributed by atoms with Gasteiger partial charge < -0.3 is 30.8 Å². The van der Waals surface area contributed by atoms with Crippen LogP contribution in [0.25, 0.3) is 11.1 Å². The number of nitrogen functional groups attached to an aromatic ring is 1. The number of nitrogens with two attached hydrogens (primary N) is 2. The number of ether oxygens (including phenoxy) is 2. The van der Waals surface area contributed by atoms with E-state index in [9.17, 15) is 23.2 Å². The van der Waals surface area contributed by atoms with Crippen LogP contribution in [0.1, 0.15) is 24.2 Å². The lowest BCUT2D eigenvalue weighted by Gasteiger charge is -2.17. The quantitative estimate of drug-likeness (QED) is 0.229. The van der Waals surface area contributed by atoms with Crippen LogP contribution in [0.3, 0.4) is 0 Å². The van der Waals surface area contributed by atoms with Gasteiger partial charge in [0.2, 0.25) is 5.43 Å². The number of benzene rings is 2. The first-order valence-corrected chi connectivity index (χ1v) is 12.9. The van der Waals surface area contributed by atoms with Crippen molar-refractivity contribution in [3.05, 3.63) is 99.6 Å². The first-order valence-electron chi connectivity index (χ1n) is 12.6. The molecule has 0 radical (unpaired) electrons. The average Bonchev–Trinajstić information content (AvgIpc) is 2.96. The highest BCUT2D eigenvalue weighted by molar-refractivity contribution is 6.34. The van der Waals surface area contributed by atoms with E-state index in [-0.39, 0.29) is 51.8 Å². The topological polar surface area (TPSA) is 152 Å². The summed E-state index contributed by atoms with van der Waals surface area (Å²) >= 11 is 6.05. The van der Waals surface area contributed by atoms with Crippen LogP contribution in [0.15, 0.2) is 71.9 Å². The van der Waals surface area contributed by atoms with E-state index in [2.05, 4.69) is 10.3 Å². The Morgan fingerprint density at radius 2 is 1.79 bits per heavy atom.